The molecule has 0 aromatic heterocycles. The smallest absolute Gasteiger partial charge is 0.336 e. The van der Waals surface area contributed by atoms with Crippen molar-refractivity contribution in [2.24, 2.45) is 5.73 Å². The maximum atomic E-state index is 11.9. The minimum absolute atomic E-state index is 0.292. The molecule has 0 fully saturated rings. The molecule has 0 rings (SSSR count). The highest BCUT2D eigenvalue weighted by atomic mass is 16.6. The summed E-state index contributed by atoms with van der Waals surface area (Å²) in [4.78, 5) is 45.5. The molecule has 0 aliphatic carbocycles. The maximum Gasteiger partial charge on any atom is 0.336 e. The van der Waals surface area contributed by atoms with Crippen LogP contribution in [0.3, 0.4) is 0 Å². The fraction of sp³-hybridized carbons (Fsp3) is 0.714. The molecular weight excluding hydrogens is 306 g/mol. The van der Waals surface area contributed by atoms with Crippen molar-refractivity contribution in [3.63, 3.8) is 0 Å². The third-order valence-electron chi connectivity index (χ3n) is 2.65. The van der Waals surface area contributed by atoms with Crippen molar-refractivity contribution in [3.05, 3.63) is 0 Å². The van der Waals surface area contributed by atoms with Crippen LogP contribution in [-0.4, -0.2) is 52.6 Å². The first-order valence-corrected chi connectivity index (χ1v) is 7.14. The molecule has 0 saturated heterocycles. The number of hydrogen-bond donors (Lipinski definition) is 4. The van der Waals surface area contributed by atoms with Crippen molar-refractivity contribution >= 4 is 23.8 Å². The summed E-state index contributed by atoms with van der Waals surface area (Å²) in [6.45, 7) is 8.64. The monoisotopic (exact) mass is 331 g/mol. The van der Waals surface area contributed by atoms with E-state index in [1.54, 1.807) is 6.92 Å². The van der Waals surface area contributed by atoms with Gasteiger partial charge < -0.3 is 26.2 Å². The zero-order valence-corrected chi connectivity index (χ0v) is 14.0. The van der Waals surface area contributed by atoms with Gasteiger partial charge in [0.1, 0.15) is 12.1 Å². The number of ether oxygens (including phenoxy) is 1. The maximum absolute atomic E-state index is 11.9. The van der Waals surface area contributed by atoms with Crippen LogP contribution < -0.4 is 16.4 Å². The third-order valence-corrected chi connectivity index (χ3v) is 2.65. The fourth-order valence-electron chi connectivity index (χ4n) is 1.65. The standard InChI is InChI=1S/C14H25N3O6/c1-7(17-14(3,4)5)11(20)16-8(2)12(21)23-13(22)9(15)6-10(18)19/h7-9,17H,6,15H2,1-5H3,(H,16,20)(H,18,19). The van der Waals surface area contributed by atoms with Crippen LogP contribution in [0.15, 0.2) is 0 Å². The van der Waals surface area contributed by atoms with Gasteiger partial charge in [-0.25, -0.2) is 9.59 Å². The molecule has 3 atom stereocenters. The zero-order chi connectivity index (χ0) is 18.4. The number of amides is 1. The highest BCUT2D eigenvalue weighted by Gasteiger charge is 2.27. The lowest BCUT2D eigenvalue weighted by molar-refractivity contribution is -0.163. The average molecular weight is 331 g/mol. The van der Waals surface area contributed by atoms with Crippen LogP contribution in [0.2, 0.25) is 0 Å². The quantitative estimate of drug-likeness (QED) is 0.348. The van der Waals surface area contributed by atoms with E-state index in [0.29, 0.717) is 0 Å². The zero-order valence-electron chi connectivity index (χ0n) is 14.0. The summed E-state index contributed by atoms with van der Waals surface area (Å²) in [6.07, 6.45) is -0.653. The van der Waals surface area contributed by atoms with Crippen LogP contribution in [0.4, 0.5) is 0 Å². The summed E-state index contributed by atoms with van der Waals surface area (Å²) in [5, 5.41) is 13.9. The van der Waals surface area contributed by atoms with E-state index in [2.05, 4.69) is 15.4 Å². The predicted molar refractivity (Wildman–Crippen MR) is 81.3 cm³/mol. The van der Waals surface area contributed by atoms with Gasteiger partial charge in [-0.05, 0) is 34.6 Å². The normalized spacial score (nSPS) is 15.2. The molecule has 0 aliphatic rings. The molecule has 3 unspecified atom stereocenters. The van der Waals surface area contributed by atoms with Crippen LogP contribution in [0, 0.1) is 0 Å². The number of carboxylic acids is 1. The molecule has 9 nitrogen and oxygen atoms in total. The summed E-state index contributed by atoms with van der Waals surface area (Å²) in [5.41, 5.74) is 4.99. The summed E-state index contributed by atoms with van der Waals surface area (Å²) in [5.74, 6) is -3.89. The van der Waals surface area contributed by atoms with Crippen LogP contribution >= 0.6 is 0 Å². The number of hydrogen-bond acceptors (Lipinski definition) is 7. The van der Waals surface area contributed by atoms with E-state index in [9.17, 15) is 19.2 Å². The molecule has 0 aromatic carbocycles. The van der Waals surface area contributed by atoms with Gasteiger partial charge in [0.15, 0.2) is 0 Å². The van der Waals surface area contributed by atoms with Crippen molar-refractivity contribution in [2.75, 3.05) is 0 Å². The lowest BCUT2D eigenvalue weighted by Gasteiger charge is -2.26. The van der Waals surface area contributed by atoms with E-state index in [1.807, 2.05) is 20.8 Å². The fourth-order valence-corrected chi connectivity index (χ4v) is 1.65. The van der Waals surface area contributed by atoms with Gasteiger partial charge in [-0.1, -0.05) is 0 Å². The number of aliphatic carboxylic acids is 1. The molecule has 0 spiro atoms. The largest absolute Gasteiger partial charge is 0.481 e. The van der Waals surface area contributed by atoms with Crippen molar-refractivity contribution < 1.29 is 29.0 Å². The Balaban J connectivity index is 4.47. The summed E-state index contributed by atoms with van der Waals surface area (Å²) >= 11 is 0. The number of carbonyl (C=O) groups is 4. The van der Waals surface area contributed by atoms with Gasteiger partial charge in [-0.15, -0.1) is 0 Å². The molecule has 23 heavy (non-hydrogen) atoms. The number of carboxylic acid groups (broad SMARTS) is 1. The SMILES string of the molecule is CC(NC(C)(C)C)C(=O)NC(C)C(=O)OC(=O)C(N)CC(=O)O. The summed E-state index contributed by atoms with van der Waals surface area (Å²) in [7, 11) is 0. The molecular formula is C14H25N3O6. The lowest BCUT2D eigenvalue weighted by Crippen LogP contribution is -2.53. The van der Waals surface area contributed by atoms with E-state index in [4.69, 9.17) is 10.8 Å². The van der Waals surface area contributed by atoms with Crippen molar-refractivity contribution in [1.82, 2.24) is 10.6 Å². The van der Waals surface area contributed by atoms with E-state index in [1.165, 1.54) is 6.92 Å². The molecule has 0 radical (unpaired) electrons. The lowest BCUT2D eigenvalue weighted by atomic mass is 10.1. The molecule has 0 heterocycles. The van der Waals surface area contributed by atoms with Crippen molar-refractivity contribution in [3.8, 4) is 0 Å². The third kappa shape index (κ3) is 8.89. The predicted octanol–water partition coefficient (Wildman–Crippen LogP) is -0.860. The van der Waals surface area contributed by atoms with Gasteiger partial charge in [-0.3, -0.25) is 9.59 Å². The van der Waals surface area contributed by atoms with E-state index in [0.717, 1.165) is 0 Å². The Labute approximate surface area is 134 Å². The average Bonchev–Trinajstić information content (AvgIpc) is 2.35. The number of nitrogens with two attached hydrogens (primary N) is 1. The van der Waals surface area contributed by atoms with Gasteiger partial charge in [-0.2, -0.15) is 0 Å². The van der Waals surface area contributed by atoms with Crippen molar-refractivity contribution in [2.45, 2.75) is 64.7 Å². The first-order valence-electron chi connectivity index (χ1n) is 7.14. The molecule has 0 aliphatic heterocycles. The molecule has 9 heteroatoms. The second-order valence-electron chi connectivity index (χ2n) is 6.29. The van der Waals surface area contributed by atoms with Crippen LogP contribution in [0.25, 0.3) is 0 Å². The highest BCUT2D eigenvalue weighted by Crippen LogP contribution is 2.02. The minimum atomic E-state index is -1.44. The summed E-state index contributed by atoms with van der Waals surface area (Å²) in [6, 6.07) is -3.08. The number of nitrogens with one attached hydrogen (secondary N) is 2. The van der Waals surface area contributed by atoms with Crippen LogP contribution in [0.5, 0.6) is 0 Å². The molecule has 0 saturated carbocycles. The Morgan fingerprint density at radius 1 is 1.09 bits per heavy atom. The van der Waals surface area contributed by atoms with Gasteiger partial charge in [0.25, 0.3) is 0 Å². The van der Waals surface area contributed by atoms with E-state index in [-0.39, 0.29) is 5.54 Å². The number of rotatable bonds is 7. The Hall–Kier alpha value is -2.00. The van der Waals surface area contributed by atoms with Crippen molar-refractivity contribution in [1.29, 1.82) is 0 Å². The Bertz CT molecular complexity index is 472. The summed E-state index contributed by atoms with van der Waals surface area (Å²) < 4.78 is 4.46. The van der Waals surface area contributed by atoms with Crippen LogP contribution in [0.1, 0.15) is 41.0 Å². The first-order chi connectivity index (χ1) is 10.3. The minimum Gasteiger partial charge on any atom is -0.481 e. The van der Waals surface area contributed by atoms with Crippen LogP contribution in [-0.2, 0) is 23.9 Å². The highest BCUT2D eigenvalue weighted by molar-refractivity contribution is 5.94. The Kier molecular flexibility index (Phi) is 7.84. The molecule has 0 bridgehead atoms. The van der Waals surface area contributed by atoms with E-state index < -0.39 is 48.4 Å². The molecule has 132 valence electrons. The Morgan fingerprint density at radius 3 is 2.04 bits per heavy atom. The van der Waals surface area contributed by atoms with Gasteiger partial charge in [0.2, 0.25) is 5.91 Å². The Morgan fingerprint density at radius 2 is 1.61 bits per heavy atom. The van der Waals surface area contributed by atoms with Gasteiger partial charge in [0.05, 0.1) is 12.5 Å². The van der Waals surface area contributed by atoms with Gasteiger partial charge in [0, 0.05) is 5.54 Å². The van der Waals surface area contributed by atoms with Gasteiger partial charge >= 0.3 is 17.9 Å². The first kappa shape index (κ1) is 21.0. The molecule has 0 aromatic rings. The molecule has 1 amide bonds. The molecule has 5 N–H and O–H groups in total. The second kappa shape index (κ2) is 8.59. The number of carbonyl (C=O) groups excluding carboxylic acids is 3. The van der Waals surface area contributed by atoms with E-state index >= 15 is 0 Å². The topological polar surface area (TPSA) is 148 Å². The second-order valence-corrected chi connectivity index (χ2v) is 6.29. The number of esters is 2.